The predicted molar refractivity (Wildman–Crippen MR) is 129 cm³/mol. The number of aromatic nitrogens is 4. The number of methoxy groups -OCH3 is 1. The van der Waals surface area contributed by atoms with Crippen LogP contribution in [0, 0.1) is 25.2 Å². The number of hydrogen-bond donors (Lipinski definition) is 1. The molecule has 3 aromatic heterocycles. The summed E-state index contributed by atoms with van der Waals surface area (Å²) in [5, 5.41) is 12.4. The number of hydrogen-bond acceptors (Lipinski definition) is 5. The van der Waals surface area contributed by atoms with E-state index in [0.29, 0.717) is 0 Å². The Balaban J connectivity index is 1.48. The molecule has 170 valence electrons. The van der Waals surface area contributed by atoms with E-state index in [-0.39, 0.29) is 12.1 Å². The summed E-state index contributed by atoms with van der Waals surface area (Å²) in [6.45, 7) is 4.21. The van der Waals surface area contributed by atoms with Gasteiger partial charge in [0.2, 0.25) is 0 Å². The highest BCUT2D eigenvalue weighted by Gasteiger charge is 2.14. The lowest BCUT2D eigenvalue weighted by molar-refractivity contribution is -0.117. The van der Waals surface area contributed by atoms with Gasteiger partial charge in [0.15, 0.2) is 0 Å². The zero-order valence-electron chi connectivity index (χ0n) is 19.2. The maximum Gasteiger partial charge on any atom is 0.262 e. The van der Waals surface area contributed by atoms with Gasteiger partial charge in [0.25, 0.3) is 5.91 Å². The van der Waals surface area contributed by atoms with Crippen LogP contribution in [-0.4, -0.2) is 32.1 Å². The molecule has 1 N–H and O–H groups in total. The van der Waals surface area contributed by atoms with Crippen molar-refractivity contribution in [2.45, 2.75) is 20.4 Å². The standard InChI is InChI=1S/C26H24N6O2/c1-18-12-21(19(2)32(18)23-5-7-24(34-3)8-6-23)13-22(14-27)26(33)30-16-20-4-9-25(29-15-20)31-11-10-28-17-31/h4-13,15,17H,16H2,1-3H3,(H,30,33)/b22-13+. The Morgan fingerprint density at radius 3 is 2.62 bits per heavy atom. The molecule has 0 atom stereocenters. The van der Waals surface area contributed by atoms with Crippen LogP contribution in [0.15, 0.2) is 73.0 Å². The molecule has 0 aliphatic carbocycles. The Morgan fingerprint density at radius 1 is 1.21 bits per heavy atom. The summed E-state index contributed by atoms with van der Waals surface area (Å²) in [6.07, 6.45) is 8.46. The molecular weight excluding hydrogens is 428 g/mol. The SMILES string of the molecule is COc1ccc(-n2c(C)cc(/C=C(\C#N)C(=O)NCc3ccc(-n4ccnc4)nc3)c2C)cc1. The lowest BCUT2D eigenvalue weighted by Gasteiger charge is -2.10. The highest BCUT2D eigenvalue weighted by Crippen LogP contribution is 2.24. The van der Waals surface area contributed by atoms with E-state index in [9.17, 15) is 10.1 Å². The number of benzene rings is 1. The molecule has 0 aliphatic heterocycles. The number of amides is 1. The maximum atomic E-state index is 12.7. The molecule has 0 aliphatic rings. The smallest absolute Gasteiger partial charge is 0.262 e. The number of carbonyl (C=O) groups excluding carboxylic acids is 1. The average molecular weight is 453 g/mol. The van der Waals surface area contributed by atoms with E-state index in [2.05, 4.69) is 19.9 Å². The van der Waals surface area contributed by atoms with Crippen LogP contribution in [0.5, 0.6) is 5.75 Å². The van der Waals surface area contributed by atoms with Gasteiger partial charge >= 0.3 is 0 Å². The molecule has 0 fully saturated rings. The van der Waals surface area contributed by atoms with Gasteiger partial charge in [-0.1, -0.05) is 6.07 Å². The molecule has 0 unspecified atom stereocenters. The third-order valence-corrected chi connectivity index (χ3v) is 5.50. The van der Waals surface area contributed by atoms with E-state index in [1.165, 1.54) is 0 Å². The summed E-state index contributed by atoms with van der Waals surface area (Å²) >= 11 is 0. The first kappa shape index (κ1) is 22.6. The molecule has 8 heteroatoms. The largest absolute Gasteiger partial charge is 0.497 e. The van der Waals surface area contributed by atoms with Crippen LogP contribution in [0.2, 0.25) is 0 Å². The second-order valence-electron chi connectivity index (χ2n) is 7.71. The van der Waals surface area contributed by atoms with Crippen molar-refractivity contribution in [1.29, 1.82) is 5.26 Å². The van der Waals surface area contributed by atoms with Gasteiger partial charge in [-0.15, -0.1) is 0 Å². The van der Waals surface area contributed by atoms with Gasteiger partial charge in [-0.25, -0.2) is 9.97 Å². The topological polar surface area (TPSA) is 97.8 Å². The maximum absolute atomic E-state index is 12.7. The van der Waals surface area contributed by atoms with Crippen molar-refractivity contribution in [3.8, 4) is 23.3 Å². The minimum atomic E-state index is -0.435. The van der Waals surface area contributed by atoms with Gasteiger partial charge in [0.05, 0.1) is 7.11 Å². The van der Waals surface area contributed by atoms with Crippen LogP contribution in [0.3, 0.4) is 0 Å². The Bertz CT molecular complexity index is 1360. The molecule has 0 bridgehead atoms. The Morgan fingerprint density at radius 2 is 2.00 bits per heavy atom. The summed E-state index contributed by atoms with van der Waals surface area (Å²) in [6, 6.07) is 15.4. The molecule has 3 heterocycles. The van der Waals surface area contributed by atoms with Crippen molar-refractivity contribution in [3.05, 3.63) is 95.5 Å². The Kier molecular flexibility index (Phi) is 6.55. The molecule has 34 heavy (non-hydrogen) atoms. The predicted octanol–water partition coefficient (Wildman–Crippen LogP) is 3.91. The van der Waals surface area contributed by atoms with E-state index < -0.39 is 5.91 Å². The van der Waals surface area contributed by atoms with Crippen LogP contribution in [-0.2, 0) is 11.3 Å². The van der Waals surface area contributed by atoms with Crippen LogP contribution in [0.25, 0.3) is 17.6 Å². The van der Waals surface area contributed by atoms with E-state index >= 15 is 0 Å². The number of pyridine rings is 1. The summed E-state index contributed by atoms with van der Waals surface area (Å²) in [7, 11) is 1.63. The van der Waals surface area contributed by atoms with Gasteiger partial charge in [-0.2, -0.15) is 5.26 Å². The lowest BCUT2D eigenvalue weighted by Crippen LogP contribution is -2.24. The van der Waals surface area contributed by atoms with E-state index in [4.69, 9.17) is 4.74 Å². The summed E-state index contributed by atoms with van der Waals surface area (Å²) in [5.74, 6) is 1.08. The highest BCUT2D eigenvalue weighted by molar-refractivity contribution is 6.01. The number of imidazole rings is 1. The fraction of sp³-hybridized carbons (Fsp3) is 0.154. The Hall–Kier alpha value is -4.64. The van der Waals surface area contributed by atoms with Crippen molar-refractivity contribution in [3.63, 3.8) is 0 Å². The number of nitrogens with one attached hydrogen (secondary N) is 1. The molecule has 4 aromatic rings. The Labute approximate surface area is 197 Å². The average Bonchev–Trinajstić information content (AvgIpc) is 3.49. The number of nitrogens with zero attached hydrogens (tertiary/aromatic N) is 5. The van der Waals surface area contributed by atoms with Crippen LogP contribution < -0.4 is 10.1 Å². The van der Waals surface area contributed by atoms with E-state index in [0.717, 1.165) is 39.8 Å². The first-order chi connectivity index (χ1) is 16.5. The van der Waals surface area contributed by atoms with Crippen molar-refractivity contribution in [2.24, 2.45) is 0 Å². The van der Waals surface area contributed by atoms with Gasteiger partial charge in [0.1, 0.15) is 29.5 Å². The minimum absolute atomic E-state index is 0.0398. The van der Waals surface area contributed by atoms with Crippen molar-refractivity contribution in [1.82, 2.24) is 24.4 Å². The zero-order chi connectivity index (χ0) is 24.1. The number of carbonyl (C=O) groups is 1. The van der Waals surface area contributed by atoms with Crippen molar-refractivity contribution >= 4 is 12.0 Å². The second-order valence-corrected chi connectivity index (χ2v) is 7.71. The lowest BCUT2D eigenvalue weighted by atomic mass is 10.1. The second kappa shape index (κ2) is 9.88. The first-order valence-electron chi connectivity index (χ1n) is 10.7. The van der Waals surface area contributed by atoms with Gasteiger partial charge in [0, 0.05) is 42.2 Å². The molecule has 4 rings (SSSR count). The summed E-state index contributed by atoms with van der Waals surface area (Å²) < 4.78 is 9.10. The number of nitriles is 1. The van der Waals surface area contributed by atoms with Crippen LogP contribution >= 0.6 is 0 Å². The number of aryl methyl sites for hydroxylation is 1. The van der Waals surface area contributed by atoms with Gasteiger partial charge < -0.3 is 14.6 Å². The molecule has 1 aromatic carbocycles. The van der Waals surface area contributed by atoms with Gasteiger partial charge in [-0.05, 0) is 67.4 Å². The molecule has 1 amide bonds. The normalized spacial score (nSPS) is 11.2. The van der Waals surface area contributed by atoms with Crippen molar-refractivity contribution < 1.29 is 9.53 Å². The molecule has 0 radical (unpaired) electrons. The van der Waals surface area contributed by atoms with Gasteiger partial charge in [-0.3, -0.25) is 9.36 Å². The number of ether oxygens (including phenoxy) is 1. The molecular formula is C26H24N6O2. The quantitative estimate of drug-likeness (QED) is 0.339. The molecule has 8 nitrogen and oxygen atoms in total. The summed E-state index contributed by atoms with van der Waals surface area (Å²) in [4.78, 5) is 21.1. The van der Waals surface area contributed by atoms with E-state index in [1.54, 1.807) is 42.7 Å². The minimum Gasteiger partial charge on any atom is -0.497 e. The van der Waals surface area contributed by atoms with Crippen LogP contribution in [0.1, 0.15) is 22.5 Å². The zero-order valence-corrected chi connectivity index (χ0v) is 19.2. The fourth-order valence-electron chi connectivity index (χ4n) is 3.71. The molecule has 0 spiro atoms. The third-order valence-electron chi connectivity index (χ3n) is 5.50. The van der Waals surface area contributed by atoms with E-state index in [1.807, 2.05) is 62.4 Å². The molecule has 0 saturated carbocycles. The first-order valence-corrected chi connectivity index (χ1v) is 10.7. The third kappa shape index (κ3) is 4.74. The molecule has 0 saturated heterocycles. The monoisotopic (exact) mass is 452 g/mol. The van der Waals surface area contributed by atoms with Crippen molar-refractivity contribution in [2.75, 3.05) is 7.11 Å². The van der Waals surface area contributed by atoms with Crippen LogP contribution in [0.4, 0.5) is 0 Å². The number of rotatable bonds is 7. The fourth-order valence-corrected chi connectivity index (χ4v) is 3.71. The summed E-state index contributed by atoms with van der Waals surface area (Å²) in [5.41, 5.74) is 4.58. The highest BCUT2D eigenvalue weighted by atomic mass is 16.5.